The van der Waals surface area contributed by atoms with Crippen LogP contribution >= 0.6 is 0 Å². The second-order valence-corrected chi connectivity index (χ2v) is 5.62. The molecule has 0 saturated carbocycles. The summed E-state index contributed by atoms with van der Waals surface area (Å²) in [7, 11) is 0. The lowest BCUT2D eigenvalue weighted by atomic mass is 10.1. The molecule has 1 rings (SSSR count). The van der Waals surface area contributed by atoms with Gasteiger partial charge in [0, 0.05) is 18.5 Å². The summed E-state index contributed by atoms with van der Waals surface area (Å²) in [5.41, 5.74) is 1.97. The minimum absolute atomic E-state index is 0.429. The highest BCUT2D eigenvalue weighted by molar-refractivity contribution is 5.67. The molecule has 21 heavy (non-hydrogen) atoms. The molecule has 1 N–H and O–H groups in total. The van der Waals surface area contributed by atoms with E-state index in [1.165, 1.54) is 0 Å². The fourth-order valence-electron chi connectivity index (χ4n) is 1.53. The van der Waals surface area contributed by atoms with E-state index in [0.717, 1.165) is 11.1 Å². The molecule has 0 saturated heterocycles. The topological polar surface area (TPSA) is 62.1 Å². The van der Waals surface area contributed by atoms with Crippen molar-refractivity contribution in [3.8, 4) is 17.9 Å². The van der Waals surface area contributed by atoms with Crippen molar-refractivity contribution in [3.63, 3.8) is 0 Å². The van der Waals surface area contributed by atoms with Crippen LogP contribution < -0.4 is 5.32 Å². The number of ether oxygens (including phenoxy) is 1. The fourth-order valence-corrected chi connectivity index (χ4v) is 1.53. The molecular formula is C17H20N2O2. The number of nitrogens with zero attached hydrogens (tertiary/aromatic N) is 1. The van der Waals surface area contributed by atoms with Crippen molar-refractivity contribution in [3.05, 3.63) is 34.9 Å². The highest BCUT2D eigenvalue weighted by Gasteiger charge is 2.15. The third kappa shape index (κ3) is 6.49. The number of nitrogens with one attached hydrogen (secondary N) is 1. The van der Waals surface area contributed by atoms with E-state index in [4.69, 9.17) is 10.00 Å². The molecule has 110 valence electrons. The Kier molecular flexibility index (Phi) is 5.81. The number of carbonyl (C=O) groups is 1. The minimum atomic E-state index is -0.495. The van der Waals surface area contributed by atoms with Gasteiger partial charge in [-0.3, -0.25) is 0 Å². The maximum Gasteiger partial charge on any atom is 0.407 e. The molecule has 1 amide bonds. The summed E-state index contributed by atoms with van der Waals surface area (Å²) in [5.74, 6) is 6.00. The van der Waals surface area contributed by atoms with Crippen molar-refractivity contribution in [2.75, 3.05) is 6.54 Å². The van der Waals surface area contributed by atoms with Crippen LogP contribution in [-0.4, -0.2) is 18.2 Å². The van der Waals surface area contributed by atoms with E-state index < -0.39 is 11.7 Å². The lowest BCUT2D eigenvalue weighted by molar-refractivity contribution is 0.0529. The van der Waals surface area contributed by atoms with Crippen LogP contribution in [0.25, 0.3) is 0 Å². The van der Waals surface area contributed by atoms with E-state index in [2.05, 4.69) is 23.2 Å². The number of hydrogen-bond acceptors (Lipinski definition) is 3. The molecule has 0 unspecified atom stereocenters. The molecule has 0 fully saturated rings. The van der Waals surface area contributed by atoms with Crippen LogP contribution in [0.1, 0.15) is 43.9 Å². The van der Waals surface area contributed by atoms with Crippen molar-refractivity contribution in [1.29, 1.82) is 5.26 Å². The van der Waals surface area contributed by atoms with Gasteiger partial charge < -0.3 is 10.1 Å². The van der Waals surface area contributed by atoms with E-state index in [0.29, 0.717) is 18.5 Å². The normalized spacial score (nSPS) is 10.0. The summed E-state index contributed by atoms with van der Waals surface area (Å²) >= 11 is 0. The van der Waals surface area contributed by atoms with E-state index in [1.807, 2.05) is 33.8 Å². The van der Waals surface area contributed by atoms with Gasteiger partial charge in [0.25, 0.3) is 0 Å². The van der Waals surface area contributed by atoms with Crippen molar-refractivity contribution in [2.45, 2.75) is 39.7 Å². The first kappa shape index (κ1) is 16.6. The molecule has 0 aliphatic heterocycles. The van der Waals surface area contributed by atoms with Gasteiger partial charge in [-0.05, 0) is 45.4 Å². The molecule has 0 aromatic heterocycles. The van der Waals surface area contributed by atoms with Gasteiger partial charge in [-0.1, -0.05) is 17.9 Å². The Hall–Kier alpha value is -2.46. The predicted molar refractivity (Wildman–Crippen MR) is 81.6 cm³/mol. The Morgan fingerprint density at radius 3 is 2.71 bits per heavy atom. The zero-order valence-corrected chi connectivity index (χ0v) is 12.9. The second kappa shape index (κ2) is 7.36. The molecule has 4 nitrogen and oxygen atoms in total. The van der Waals surface area contributed by atoms with E-state index >= 15 is 0 Å². The fraction of sp³-hybridized carbons (Fsp3) is 0.412. The number of carbonyl (C=O) groups excluding carboxylic acids is 1. The SMILES string of the molecule is Cc1ccc(C#N)cc1C#CCCNC(=O)OC(C)(C)C. The van der Waals surface area contributed by atoms with Crippen molar-refractivity contribution in [1.82, 2.24) is 5.32 Å². The molecule has 0 atom stereocenters. The van der Waals surface area contributed by atoms with Gasteiger partial charge in [0.1, 0.15) is 5.60 Å². The maximum atomic E-state index is 11.4. The molecule has 0 heterocycles. The molecular weight excluding hydrogens is 264 g/mol. The van der Waals surface area contributed by atoms with Gasteiger partial charge in [-0.25, -0.2) is 4.79 Å². The molecule has 0 aliphatic carbocycles. The predicted octanol–water partition coefficient (Wildman–Crippen LogP) is 3.13. The number of rotatable bonds is 2. The average molecular weight is 284 g/mol. The molecule has 0 radical (unpaired) electrons. The molecule has 1 aromatic carbocycles. The number of alkyl carbamates (subject to hydrolysis) is 1. The van der Waals surface area contributed by atoms with Gasteiger partial charge in [0.15, 0.2) is 0 Å². The largest absolute Gasteiger partial charge is 0.444 e. The van der Waals surface area contributed by atoms with Crippen LogP contribution in [0, 0.1) is 30.1 Å². The quantitative estimate of drug-likeness (QED) is 0.670. The van der Waals surface area contributed by atoms with Crippen molar-refractivity contribution < 1.29 is 9.53 Å². The molecule has 0 bridgehead atoms. The molecule has 0 spiro atoms. The van der Waals surface area contributed by atoms with Gasteiger partial charge in [-0.2, -0.15) is 5.26 Å². The van der Waals surface area contributed by atoms with Crippen LogP contribution in [0.5, 0.6) is 0 Å². The highest BCUT2D eigenvalue weighted by atomic mass is 16.6. The zero-order chi connectivity index (χ0) is 15.9. The third-order valence-electron chi connectivity index (χ3n) is 2.51. The van der Waals surface area contributed by atoms with Crippen molar-refractivity contribution in [2.24, 2.45) is 0 Å². The first-order valence-electron chi connectivity index (χ1n) is 6.78. The molecule has 0 aliphatic rings. The van der Waals surface area contributed by atoms with Gasteiger partial charge in [-0.15, -0.1) is 0 Å². The highest BCUT2D eigenvalue weighted by Crippen LogP contribution is 2.09. The van der Waals surface area contributed by atoms with E-state index in [9.17, 15) is 4.79 Å². The Bertz CT molecular complexity index is 610. The van der Waals surface area contributed by atoms with Crippen molar-refractivity contribution >= 4 is 6.09 Å². The number of amides is 1. The maximum absolute atomic E-state index is 11.4. The molecule has 1 aromatic rings. The van der Waals surface area contributed by atoms with Crippen LogP contribution in [0.2, 0.25) is 0 Å². The average Bonchev–Trinajstić information content (AvgIpc) is 2.38. The van der Waals surface area contributed by atoms with Crippen LogP contribution in [0.4, 0.5) is 4.79 Å². The third-order valence-corrected chi connectivity index (χ3v) is 2.51. The summed E-state index contributed by atoms with van der Waals surface area (Å²) in [6.45, 7) is 7.83. The zero-order valence-electron chi connectivity index (χ0n) is 12.9. The number of hydrogen-bond donors (Lipinski definition) is 1. The lowest BCUT2D eigenvalue weighted by Crippen LogP contribution is -2.32. The van der Waals surface area contributed by atoms with E-state index in [-0.39, 0.29) is 0 Å². The summed E-state index contributed by atoms with van der Waals surface area (Å²) in [5, 5.41) is 11.5. The minimum Gasteiger partial charge on any atom is -0.444 e. The van der Waals surface area contributed by atoms with Gasteiger partial charge in [0.05, 0.1) is 11.6 Å². The Labute approximate surface area is 126 Å². The number of aryl methyl sites for hydroxylation is 1. The Morgan fingerprint density at radius 2 is 2.10 bits per heavy atom. The second-order valence-electron chi connectivity index (χ2n) is 5.62. The standard InChI is InChI=1S/C17H20N2O2/c1-13-8-9-14(12-18)11-15(13)7-5-6-10-19-16(20)21-17(2,3)4/h8-9,11H,6,10H2,1-4H3,(H,19,20). The Balaban J connectivity index is 2.48. The van der Waals surface area contributed by atoms with Gasteiger partial charge in [0.2, 0.25) is 0 Å². The van der Waals surface area contributed by atoms with E-state index in [1.54, 1.807) is 12.1 Å². The smallest absolute Gasteiger partial charge is 0.407 e. The lowest BCUT2D eigenvalue weighted by Gasteiger charge is -2.19. The van der Waals surface area contributed by atoms with Crippen LogP contribution in [0.3, 0.4) is 0 Å². The van der Waals surface area contributed by atoms with Crippen LogP contribution in [-0.2, 0) is 4.74 Å². The first-order valence-corrected chi connectivity index (χ1v) is 6.78. The number of benzene rings is 1. The van der Waals surface area contributed by atoms with Gasteiger partial charge >= 0.3 is 6.09 Å². The molecule has 4 heteroatoms. The monoisotopic (exact) mass is 284 g/mol. The summed E-state index contributed by atoms with van der Waals surface area (Å²) in [4.78, 5) is 11.4. The first-order chi connectivity index (χ1) is 9.81. The summed E-state index contributed by atoms with van der Waals surface area (Å²) in [6.07, 6.45) is 0.0853. The number of nitriles is 1. The summed E-state index contributed by atoms with van der Waals surface area (Å²) < 4.78 is 5.12. The summed E-state index contributed by atoms with van der Waals surface area (Å²) in [6, 6.07) is 7.50. The Morgan fingerprint density at radius 1 is 1.38 bits per heavy atom. The van der Waals surface area contributed by atoms with Crippen LogP contribution in [0.15, 0.2) is 18.2 Å².